The molecule has 1 aromatic carbocycles. The average molecular weight is 527 g/mol. The molecule has 3 heterocycles. The Labute approximate surface area is 222 Å². The Balaban J connectivity index is 1.66. The quantitative estimate of drug-likeness (QED) is 0.541. The second-order valence-corrected chi connectivity index (χ2v) is 11.0. The van der Waals surface area contributed by atoms with Gasteiger partial charge >= 0.3 is 5.97 Å². The van der Waals surface area contributed by atoms with Crippen LogP contribution >= 0.6 is 11.8 Å². The van der Waals surface area contributed by atoms with E-state index in [1.54, 1.807) is 23.8 Å². The van der Waals surface area contributed by atoms with Gasteiger partial charge in [0.15, 0.2) is 5.17 Å². The monoisotopic (exact) mass is 526 g/mol. The highest BCUT2D eigenvalue weighted by Crippen LogP contribution is 2.47. The number of amides is 2. The van der Waals surface area contributed by atoms with Crippen LogP contribution in [0.2, 0.25) is 0 Å². The lowest BCUT2D eigenvalue weighted by Crippen LogP contribution is -2.50. The number of hydrogen-bond acceptors (Lipinski definition) is 8. The summed E-state index contributed by atoms with van der Waals surface area (Å²) in [6.45, 7) is 10.9. The van der Waals surface area contributed by atoms with Crippen molar-refractivity contribution in [3.8, 4) is 5.75 Å². The number of nitrogens with zero attached hydrogens (tertiary/aromatic N) is 4. The zero-order valence-corrected chi connectivity index (χ0v) is 23.1. The number of carbonyl (C=O) groups excluding carboxylic acids is 3. The smallest absolute Gasteiger partial charge is 0.338 e. The van der Waals surface area contributed by atoms with E-state index in [-0.39, 0.29) is 18.2 Å². The van der Waals surface area contributed by atoms with Gasteiger partial charge in [-0.2, -0.15) is 0 Å². The molecular formula is C27H34N4O5S. The number of fused-ring (bicyclic) bond motifs is 1. The number of esters is 1. The molecule has 0 N–H and O–H groups in total. The van der Waals surface area contributed by atoms with Crippen molar-refractivity contribution < 1.29 is 23.9 Å². The molecule has 0 saturated carbocycles. The lowest BCUT2D eigenvalue weighted by Gasteiger charge is -2.38. The van der Waals surface area contributed by atoms with Crippen LogP contribution in [0.3, 0.4) is 0 Å². The molecule has 37 heavy (non-hydrogen) atoms. The molecule has 1 aromatic rings. The van der Waals surface area contributed by atoms with Crippen LogP contribution in [0.1, 0.15) is 52.6 Å². The molecule has 3 aliphatic heterocycles. The van der Waals surface area contributed by atoms with Crippen molar-refractivity contribution in [2.75, 3.05) is 33.3 Å². The van der Waals surface area contributed by atoms with Crippen LogP contribution in [-0.2, 0) is 19.1 Å². The molecule has 0 radical (unpaired) electrons. The molecule has 1 atom stereocenters. The summed E-state index contributed by atoms with van der Waals surface area (Å²) in [6, 6.07) is 6.99. The van der Waals surface area contributed by atoms with Gasteiger partial charge in [0.05, 0.1) is 30.8 Å². The maximum absolute atomic E-state index is 13.5. The van der Waals surface area contributed by atoms with Crippen molar-refractivity contribution in [2.24, 2.45) is 4.99 Å². The predicted octanol–water partition coefficient (Wildman–Crippen LogP) is 3.69. The minimum Gasteiger partial charge on any atom is -0.496 e. The first-order valence-corrected chi connectivity index (χ1v) is 13.2. The lowest BCUT2D eigenvalue weighted by molar-refractivity contribution is -0.150. The fraction of sp³-hybridized carbons (Fsp3) is 0.481. The van der Waals surface area contributed by atoms with E-state index in [0.29, 0.717) is 48.4 Å². The minimum atomic E-state index is -0.684. The van der Waals surface area contributed by atoms with E-state index in [4.69, 9.17) is 14.5 Å². The number of carbonyl (C=O) groups is 3. The van der Waals surface area contributed by atoms with Crippen molar-refractivity contribution >= 4 is 34.7 Å². The highest BCUT2D eigenvalue weighted by atomic mass is 32.2. The SMILES string of the molecule is COc1ccccc1[C@H]1C(C(=O)OC(C)(C)C)=C(C)N=C2SC=C(CC(=O)N3CCN(C(C)=O)CC3)N21. The highest BCUT2D eigenvalue weighted by molar-refractivity contribution is 8.16. The number of rotatable bonds is 5. The Kier molecular flexibility index (Phi) is 7.68. The zero-order valence-electron chi connectivity index (χ0n) is 22.2. The topological polar surface area (TPSA) is 91.7 Å². The Morgan fingerprint density at radius 2 is 1.73 bits per heavy atom. The number of para-hydroxylation sites is 1. The Hall–Kier alpha value is -3.27. The molecule has 198 valence electrons. The number of thioether (sulfide) groups is 1. The van der Waals surface area contributed by atoms with Crippen LogP contribution < -0.4 is 4.74 Å². The number of methoxy groups -OCH3 is 1. The van der Waals surface area contributed by atoms with Crippen molar-refractivity contribution in [1.82, 2.24) is 14.7 Å². The van der Waals surface area contributed by atoms with E-state index in [1.807, 2.05) is 62.3 Å². The number of amidine groups is 1. The van der Waals surface area contributed by atoms with Gasteiger partial charge in [-0.3, -0.25) is 9.59 Å². The first kappa shape index (κ1) is 26.8. The predicted molar refractivity (Wildman–Crippen MR) is 143 cm³/mol. The molecule has 1 saturated heterocycles. The molecule has 0 spiro atoms. The number of ether oxygens (including phenoxy) is 2. The summed E-state index contributed by atoms with van der Waals surface area (Å²) in [5.74, 6) is 0.171. The number of hydrogen-bond donors (Lipinski definition) is 0. The molecular weight excluding hydrogens is 492 g/mol. The standard InChI is InChI=1S/C27H34N4O5S/c1-17-23(25(34)36-27(3,4)5)24(20-9-7-8-10-21(20)35-6)31-19(16-37-26(31)28-17)15-22(33)30-13-11-29(12-14-30)18(2)32/h7-10,16,24H,11-15H2,1-6H3/t24-/m0/s1. The normalized spacial score (nSPS) is 19.8. The van der Waals surface area contributed by atoms with Gasteiger partial charge < -0.3 is 24.2 Å². The lowest BCUT2D eigenvalue weighted by atomic mass is 9.93. The molecule has 9 nitrogen and oxygen atoms in total. The first-order valence-electron chi connectivity index (χ1n) is 12.3. The van der Waals surface area contributed by atoms with Crippen LogP contribution in [0.5, 0.6) is 5.75 Å². The van der Waals surface area contributed by atoms with Gasteiger partial charge in [-0.05, 0) is 39.2 Å². The Bertz CT molecular complexity index is 1190. The van der Waals surface area contributed by atoms with E-state index in [0.717, 1.165) is 11.3 Å². The molecule has 2 amide bonds. The fourth-order valence-corrected chi connectivity index (χ4v) is 5.65. The molecule has 1 fully saturated rings. The third kappa shape index (κ3) is 5.69. The maximum Gasteiger partial charge on any atom is 0.338 e. The largest absolute Gasteiger partial charge is 0.496 e. The molecule has 10 heteroatoms. The maximum atomic E-state index is 13.5. The molecule has 4 rings (SSSR count). The molecule has 3 aliphatic rings. The van der Waals surface area contributed by atoms with Gasteiger partial charge in [0.25, 0.3) is 0 Å². The third-order valence-corrected chi connectivity index (χ3v) is 7.35. The van der Waals surface area contributed by atoms with Gasteiger partial charge in [-0.15, -0.1) is 0 Å². The summed E-state index contributed by atoms with van der Waals surface area (Å²) in [7, 11) is 1.60. The van der Waals surface area contributed by atoms with Gasteiger partial charge in [0, 0.05) is 44.4 Å². The molecule has 0 bridgehead atoms. The number of piperazine rings is 1. The fourth-order valence-electron chi connectivity index (χ4n) is 4.69. The number of aliphatic imine (C=N–C) groups is 1. The molecule has 0 aromatic heterocycles. The highest BCUT2D eigenvalue weighted by Gasteiger charge is 2.43. The van der Waals surface area contributed by atoms with Crippen molar-refractivity contribution in [1.29, 1.82) is 0 Å². The second kappa shape index (κ2) is 10.6. The summed E-state index contributed by atoms with van der Waals surface area (Å²) in [5.41, 5.74) is 1.85. The molecule has 0 aliphatic carbocycles. The van der Waals surface area contributed by atoms with Crippen LogP contribution in [0.25, 0.3) is 0 Å². The summed E-state index contributed by atoms with van der Waals surface area (Å²) < 4.78 is 11.5. The van der Waals surface area contributed by atoms with E-state index in [2.05, 4.69) is 0 Å². The van der Waals surface area contributed by atoms with E-state index >= 15 is 0 Å². The van der Waals surface area contributed by atoms with Crippen molar-refractivity contribution in [3.05, 3.63) is 52.2 Å². The number of allylic oxidation sites excluding steroid dienone is 1. The van der Waals surface area contributed by atoms with E-state index in [1.165, 1.54) is 11.8 Å². The summed E-state index contributed by atoms with van der Waals surface area (Å²) in [6.07, 6.45) is 0.151. The van der Waals surface area contributed by atoms with Crippen LogP contribution in [-0.4, -0.2) is 76.5 Å². The Morgan fingerprint density at radius 3 is 2.35 bits per heavy atom. The van der Waals surface area contributed by atoms with Gasteiger partial charge in [-0.1, -0.05) is 30.0 Å². The van der Waals surface area contributed by atoms with Crippen LogP contribution in [0, 0.1) is 0 Å². The van der Waals surface area contributed by atoms with E-state index in [9.17, 15) is 14.4 Å². The zero-order chi connectivity index (χ0) is 26.9. The van der Waals surface area contributed by atoms with Crippen LogP contribution in [0.15, 0.2) is 51.6 Å². The number of benzene rings is 1. The summed E-state index contributed by atoms with van der Waals surface area (Å²) in [5, 5.41) is 2.63. The van der Waals surface area contributed by atoms with Crippen LogP contribution in [0.4, 0.5) is 0 Å². The van der Waals surface area contributed by atoms with Crippen molar-refractivity contribution in [3.63, 3.8) is 0 Å². The minimum absolute atomic E-state index is 0.0210. The van der Waals surface area contributed by atoms with Crippen molar-refractivity contribution in [2.45, 2.75) is 52.7 Å². The van der Waals surface area contributed by atoms with Gasteiger partial charge in [0.2, 0.25) is 11.8 Å². The average Bonchev–Trinajstić information content (AvgIpc) is 3.23. The third-order valence-electron chi connectivity index (χ3n) is 6.46. The van der Waals surface area contributed by atoms with Gasteiger partial charge in [0.1, 0.15) is 11.4 Å². The summed E-state index contributed by atoms with van der Waals surface area (Å²) >= 11 is 1.43. The molecule has 0 unspecified atom stereocenters. The summed E-state index contributed by atoms with van der Waals surface area (Å²) in [4.78, 5) is 48.7. The Morgan fingerprint density at radius 1 is 1.08 bits per heavy atom. The second-order valence-electron chi connectivity index (χ2n) is 10.2. The van der Waals surface area contributed by atoms with E-state index < -0.39 is 17.6 Å². The van der Waals surface area contributed by atoms with Gasteiger partial charge in [-0.25, -0.2) is 9.79 Å². The first-order chi connectivity index (χ1) is 17.5.